The van der Waals surface area contributed by atoms with Crippen LogP contribution in [0.2, 0.25) is 0 Å². The summed E-state index contributed by atoms with van der Waals surface area (Å²) in [4.78, 5) is 11.9. The summed E-state index contributed by atoms with van der Waals surface area (Å²) >= 11 is 0. The van der Waals surface area contributed by atoms with Crippen LogP contribution < -0.4 is 11.1 Å². The Hall–Kier alpha value is -1.39. The van der Waals surface area contributed by atoms with Crippen LogP contribution in [0.5, 0.6) is 0 Å². The van der Waals surface area contributed by atoms with Gasteiger partial charge in [0.05, 0.1) is 12.1 Å². The van der Waals surface area contributed by atoms with Gasteiger partial charge in [-0.15, -0.1) is 0 Å². The summed E-state index contributed by atoms with van der Waals surface area (Å²) in [6, 6.07) is 7.76. The van der Waals surface area contributed by atoms with Crippen molar-refractivity contribution in [1.29, 1.82) is 0 Å². The minimum atomic E-state index is -0.521. The molecule has 1 aromatic carbocycles. The van der Waals surface area contributed by atoms with Gasteiger partial charge in [-0.05, 0) is 30.4 Å². The molecule has 4 nitrogen and oxygen atoms in total. The van der Waals surface area contributed by atoms with Crippen LogP contribution in [0.3, 0.4) is 0 Å². The minimum Gasteiger partial charge on any atom is -0.385 e. The zero-order valence-electron chi connectivity index (χ0n) is 12.8. The van der Waals surface area contributed by atoms with Gasteiger partial charge >= 0.3 is 0 Å². The molecular weight excluding hydrogens is 252 g/mol. The number of amides is 1. The second-order valence-corrected chi connectivity index (χ2v) is 5.44. The maximum absolute atomic E-state index is 11.9. The lowest BCUT2D eigenvalue weighted by Gasteiger charge is -2.18. The highest BCUT2D eigenvalue weighted by Gasteiger charge is 2.16. The molecule has 3 N–H and O–H groups in total. The number of nitrogens with one attached hydrogen (secondary N) is 1. The van der Waals surface area contributed by atoms with E-state index in [-0.39, 0.29) is 11.9 Å². The largest absolute Gasteiger partial charge is 0.385 e. The van der Waals surface area contributed by atoms with Crippen molar-refractivity contribution < 1.29 is 9.53 Å². The average molecular weight is 278 g/mol. The Morgan fingerprint density at radius 1 is 1.20 bits per heavy atom. The second-order valence-electron chi connectivity index (χ2n) is 5.44. The molecule has 0 spiro atoms. The lowest BCUT2D eigenvalue weighted by molar-refractivity contribution is -0.123. The summed E-state index contributed by atoms with van der Waals surface area (Å²) in [5.74, 6) is 0.374. The fourth-order valence-corrected chi connectivity index (χ4v) is 1.95. The first-order valence-electron chi connectivity index (χ1n) is 7.10. The predicted octanol–water partition coefficient (Wildman–Crippen LogP) is 2.35. The molecule has 1 amide bonds. The summed E-state index contributed by atoms with van der Waals surface area (Å²) in [7, 11) is 1.60. The van der Waals surface area contributed by atoms with Gasteiger partial charge in [0.25, 0.3) is 0 Å². The summed E-state index contributed by atoms with van der Waals surface area (Å²) in [6.07, 6.45) is 0.529. The summed E-state index contributed by atoms with van der Waals surface area (Å²) in [5.41, 5.74) is 8.18. The standard InChI is InChI=1S/C16H26N2O2/c1-11(2)13-5-7-14(8-6-13)12(3)18-16(19)15(17)9-10-20-4/h5-8,11-12,15H,9-10,17H2,1-4H3,(H,18,19). The zero-order chi connectivity index (χ0) is 15.1. The van der Waals surface area contributed by atoms with Gasteiger partial charge in [0, 0.05) is 13.7 Å². The van der Waals surface area contributed by atoms with Crippen molar-refractivity contribution in [3.05, 3.63) is 35.4 Å². The van der Waals surface area contributed by atoms with Gasteiger partial charge in [-0.25, -0.2) is 0 Å². The molecule has 2 atom stereocenters. The van der Waals surface area contributed by atoms with Crippen LogP contribution in [0.1, 0.15) is 50.3 Å². The summed E-state index contributed by atoms with van der Waals surface area (Å²) in [6.45, 7) is 6.78. The lowest BCUT2D eigenvalue weighted by atomic mass is 9.99. The van der Waals surface area contributed by atoms with E-state index in [2.05, 4.69) is 43.4 Å². The Morgan fingerprint density at radius 3 is 2.25 bits per heavy atom. The monoisotopic (exact) mass is 278 g/mol. The van der Waals surface area contributed by atoms with E-state index in [1.165, 1.54) is 5.56 Å². The molecule has 0 aliphatic rings. The topological polar surface area (TPSA) is 64.3 Å². The van der Waals surface area contributed by atoms with Gasteiger partial charge in [0.1, 0.15) is 0 Å². The van der Waals surface area contributed by atoms with Gasteiger partial charge < -0.3 is 15.8 Å². The van der Waals surface area contributed by atoms with Crippen LogP contribution in [0.25, 0.3) is 0 Å². The molecule has 0 heterocycles. The molecule has 112 valence electrons. The number of carbonyl (C=O) groups is 1. The predicted molar refractivity (Wildman–Crippen MR) is 81.6 cm³/mol. The van der Waals surface area contributed by atoms with Crippen LogP contribution in [0, 0.1) is 0 Å². The third-order valence-electron chi connectivity index (χ3n) is 3.43. The molecule has 4 heteroatoms. The third-order valence-corrected chi connectivity index (χ3v) is 3.43. The lowest BCUT2D eigenvalue weighted by Crippen LogP contribution is -2.42. The van der Waals surface area contributed by atoms with E-state index in [0.29, 0.717) is 18.9 Å². The van der Waals surface area contributed by atoms with E-state index in [4.69, 9.17) is 10.5 Å². The van der Waals surface area contributed by atoms with Crippen LogP contribution in [0.4, 0.5) is 0 Å². The van der Waals surface area contributed by atoms with E-state index < -0.39 is 6.04 Å². The fourth-order valence-electron chi connectivity index (χ4n) is 1.95. The first kappa shape index (κ1) is 16.7. The molecule has 1 aromatic rings. The molecule has 0 saturated carbocycles. The van der Waals surface area contributed by atoms with Gasteiger partial charge in [0.2, 0.25) is 5.91 Å². The highest BCUT2D eigenvalue weighted by molar-refractivity contribution is 5.81. The van der Waals surface area contributed by atoms with Crippen LogP contribution >= 0.6 is 0 Å². The molecule has 0 aliphatic heterocycles. The quantitative estimate of drug-likeness (QED) is 0.804. The zero-order valence-corrected chi connectivity index (χ0v) is 12.8. The van der Waals surface area contributed by atoms with Crippen molar-refractivity contribution in [2.24, 2.45) is 5.73 Å². The first-order chi connectivity index (χ1) is 9.45. The third kappa shape index (κ3) is 4.94. The van der Waals surface area contributed by atoms with Crippen molar-refractivity contribution >= 4 is 5.91 Å². The number of hydrogen-bond donors (Lipinski definition) is 2. The minimum absolute atomic E-state index is 0.0442. The Bertz CT molecular complexity index is 415. The van der Waals surface area contributed by atoms with Gasteiger partial charge in [-0.1, -0.05) is 38.1 Å². The number of methoxy groups -OCH3 is 1. The fraction of sp³-hybridized carbons (Fsp3) is 0.562. The van der Waals surface area contributed by atoms with E-state index in [1.807, 2.05) is 6.92 Å². The first-order valence-corrected chi connectivity index (χ1v) is 7.10. The molecule has 0 saturated heterocycles. The molecule has 20 heavy (non-hydrogen) atoms. The number of nitrogens with two attached hydrogens (primary N) is 1. The smallest absolute Gasteiger partial charge is 0.237 e. The normalized spacial score (nSPS) is 14.1. The van der Waals surface area contributed by atoms with Gasteiger partial charge in [-0.3, -0.25) is 4.79 Å². The van der Waals surface area contributed by atoms with Crippen LogP contribution in [0.15, 0.2) is 24.3 Å². The highest BCUT2D eigenvalue weighted by Crippen LogP contribution is 2.18. The van der Waals surface area contributed by atoms with E-state index in [1.54, 1.807) is 7.11 Å². The highest BCUT2D eigenvalue weighted by atomic mass is 16.5. The molecule has 0 aliphatic carbocycles. The van der Waals surface area contributed by atoms with E-state index in [9.17, 15) is 4.79 Å². The van der Waals surface area contributed by atoms with Crippen molar-refractivity contribution in [2.45, 2.75) is 45.2 Å². The number of benzene rings is 1. The van der Waals surface area contributed by atoms with Crippen molar-refractivity contribution in [3.63, 3.8) is 0 Å². The maximum Gasteiger partial charge on any atom is 0.237 e. The SMILES string of the molecule is COCCC(N)C(=O)NC(C)c1ccc(C(C)C)cc1. The van der Waals surface area contributed by atoms with Crippen molar-refractivity contribution in [2.75, 3.05) is 13.7 Å². The Morgan fingerprint density at radius 2 is 1.75 bits per heavy atom. The van der Waals surface area contributed by atoms with Crippen molar-refractivity contribution in [1.82, 2.24) is 5.32 Å². The van der Waals surface area contributed by atoms with Crippen LogP contribution in [-0.2, 0) is 9.53 Å². The summed E-state index contributed by atoms with van der Waals surface area (Å²) in [5, 5.41) is 2.93. The molecule has 2 unspecified atom stereocenters. The Kier molecular flexibility index (Phi) is 6.68. The Balaban J connectivity index is 2.57. The second kappa shape index (κ2) is 8.02. The molecule has 1 rings (SSSR count). The van der Waals surface area contributed by atoms with Crippen molar-refractivity contribution in [3.8, 4) is 0 Å². The number of carbonyl (C=O) groups excluding carboxylic acids is 1. The molecule has 0 aromatic heterocycles. The maximum atomic E-state index is 11.9. The van der Waals surface area contributed by atoms with Gasteiger partial charge in [0.15, 0.2) is 0 Å². The number of hydrogen-bond acceptors (Lipinski definition) is 3. The van der Waals surface area contributed by atoms with Gasteiger partial charge in [-0.2, -0.15) is 0 Å². The molecule has 0 bridgehead atoms. The number of rotatable bonds is 7. The van der Waals surface area contributed by atoms with Crippen LogP contribution in [-0.4, -0.2) is 25.7 Å². The Labute approximate surface area is 121 Å². The molecule has 0 radical (unpaired) electrons. The number of ether oxygens (including phenoxy) is 1. The molecular formula is C16H26N2O2. The summed E-state index contributed by atoms with van der Waals surface area (Å²) < 4.78 is 4.93. The van der Waals surface area contributed by atoms with E-state index in [0.717, 1.165) is 5.56 Å². The molecule has 0 fully saturated rings. The van der Waals surface area contributed by atoms with E-state index >= 15 is 0 Å². The average Bonchev–Trinajstić information content (AvgIpc) is 2.44.